The van der Waals surface area contributed by atoms with Gasteiger partial charge in [0.25, 0.3) is 0 Å². The largest absolute Gasteiger partial charge is 0.497 e. The van der Waals surface area contributed by atoms with E-state index in [1.54, 1.807) is 7.11 Å². The molecule has 0 heterocycles. The van der Waals surface area contributed by atoms with E-state index in [2.05, 4.69) is 18.9 Å². The predicted octanol–water partition coefficient (Wildman–Crippen LogP) is 2.56. The molecule has 0 aliphatic rings. The first kappa shape index (κ1) is 12.7. The summed E-state index contributed by atoms with van der Waals surface area (Å²) < 4.78 is 5.12. The normalized spacial score (nSPS) is 12.2. The Balaban J connectivity index is 2.74. The molecule has 1 rings (SSSR count). The van der Waals surface area contributed by atoms with Gasteiger partial charge in [0, 0.05) is 6.04 Å². The van der Waals surface area contributed by atoms with Crippen molar-refractivity contribution >= 4 is 0 Å². The van der Waals surface area contributed by atoms with Crippen LogP contribution in [0.25, 0.3) is 0 Å². The number of hydrazine groups is 1. The molecule has 0 saturated carbocycles. The average Bonchev–Trinajstić information content (AvgIpc) is 2.35. The van der Waals surface area contributed by atoms with Gasteiger partial charge in [-0.2, -0.15) is 0 Å². The van der Waals surface area contributed by atoms with Crippen molar-refractivity contribution in [2.75, 3.05) is 7.11 Å². The van der Waals surface area contributed by atoms with Crippen molar-refractivity contribution in [1.82, 2.24) is 5.43 Å². The molecule has 3 N–H and O–H groups in total. The summed E-state index contributed by atoms with van der Waals surface area (Å²) in [6.07, 6.45) is 1.84. The molecular formula is C13H20N2O. The molecule has 0 fully saturated rings. The second kappa shape index (κ2) is 6.30. The van der Waals surface area contributed by atoms with Crippen LogP contribution in [0.4, 0.5) is 0 Å². The molecule has 1 atom stereocenters. The zero-order chi connectivity index (χ0) is 12.0. The van der Waals surface area contributed by atoms with E-state index in [4.69, 9.17) is 10.6 Å². The van der Waals surface area contributed by atoms with Crippen molar-refractivity contribution in [1.29, 1.82) is 0 Å². The van der Waals surface area contributed by atoms with Crippen LogP contribution >= 0.6 is 0 Å². The van der Waals surface area contributed by atoms with Gasteiger partial charge in [-0.05, 0) is 30.5 Å². The maximum Gasteiger partial charge on any atom is 0.118 e. The van der Waals surface area contributed by atoms with Gasteiger partial charge < -0.3 is 4.74 Å². The van der Waals surface area contributed by atoms with Crippen molar-refractivity contribution in [2.45, 2.75) is 25.8 Å². The number of benzene rings is 1. The van der Waals surface area contributed by atoms with Gasteiger partial charge in [0.15, 0.2) is 0 Å². The average molecular weight is 220 g/mol. The molecule has 0 aromatic heterocycles. The van der Waals surface area contributed by atoms with Crippen LogP contribution in [0, 0.1) is 0 Å². The van der Waals surface area contributed by atoms with Crippen molar-refractivity contribution in [3.05, 3.63) is 42.0 Å². The summed E-state index contributed by atoms with van der Waals surface area (Å²) in [4.78, 5) is 0. The molecule has 0 aliphatic heterocycles. The van der Waals surface area contributed by atoms with Crippen LogP contribution in [0.15, 0.2) is 36.4 Å². The summed E-state index contributed by atoms with van der Waals surface area (Å²) in [5, 5.41) is 0. The van der Waals surface area contributed by atoms with E-state index in [0.29, 0.717) is 0 Å². The lowest BCUT2D eigenvalue weighted by molar-refractivity contribution is 0.414. The van der Waals surface area contributed by atoms with Crippen LogP contribution in [0.3, 0.4) is 0 Å². The van der Waals surface area contributed by atoms with Gasteiger partial charge in [-0.3, -0.25) is 11.3 Å². The van der Waals surface area contributed by atoms with Gasteiger partial charge in [-0.15, -0.1) is 0 Å². The van der Waals surface area contributed by atoms with Crippen molar-refractivity contribution in [3.8, 4) is 5.75 Å². The zero-order valence-electron chi connectivity index (χ0n) is 9.99. The van der Waals surface area contributed by atoms with Crippen LogP contribution < -0.4 is 16.0 Å². The van der Waals surface area contributed by atoms with E-state index >= 15 is 0 Å². The van der Waals surface area contributed by atoms with Gasteiger partial charge in [-0.25, -0.2) is 0 Å². The molecule has 88 valence electrons. The molecule has 1 aromatic rings. The molecule has 0 bridgehead atoms. The highest BCUT2D eigenvalue weighted by Crippen LogP contribution is 2.23. The summed E-state index contributed by atoms with van der Waals surface area (Å²) >= 11 is 0. The molecule has 0 aliphatic carbocycles. The summed E-state index contributed by atoms with van der Waals surface area (Å²) in [6, 6.07) is 8.04. The summed E-state index contributed by atoms with van der Waals surface area (Å²) in [7, 11) is 1.66. The molecule has 1 aromatic carbocycles. The first-order valence-corrected chi connectivity index (χ1v) is 5.48. The second-order valence-electron chi connectivity index (χ2n) is 3.80. The highest BCUT2D eigenvalue weighted by molar-refractivity contribution is 5.29. The quantitative estimate of drug-likeness (QED) is 0.440. The fraction of sp³-hybridized carbons (Fsp3) is 0.385. The Hall–Kier alpha value is -1.32. The molecule has 0 amide bonds. The van der Waals surface area contributed by atoms with E-state index in [-0.39, 0.29) is 6.04 Å². The van der Waals surface area contributed by atoms with Crippen LogP contribution in [0.5, 0.6) is 5.75 Å². The van der Waals surface area contributed by atoms with E-state index in [1.165, 1.54) is 5.57 Å². The molecule has 3 heteroatoms. The number of rotatable bonds is 6. The maximum absolute atomic E-state index is 5.56. The molecule has 1 unspecified atom stereocenters. The summed E-state index contributed by atoms with van der Waals surface area (Å²) in [6.45, 7) is 6.10. The molecule has 0 spiro atoms. The minimum Gasteiger partial charge on any atom is -0.497 e. The van der Waals surface area contributed by atoms with Gasteiger partial charge in [0.05, 0.1) is 7.11 Å². The monoisotopic (exact) mass is 220 g/mol. The minimum atomic E-state index is 0.123. The fourth-order valence-corrected chi connectivity index (χ4v) is 1.54. The van der Waals surface area contributed by atoms with Crippen LogP contribution in [0.1, 0.15) is 31.4 Å². The summed E-state index contributed by atoms with van der Waals surface area (Å²) in [5.74, 6) is 6.41. The first-order valence-electron chi connectivity index (χ1n) is 5.48. The van der Waals surface area contributed by atoms with Crippen molar-refractivity contribution < 1.29 is 4.74 Å². The standard InChI is InChI=1S/C13H20N2O/c1-4-10(2)9-13(15-14)11-5-7-12(16-3)8-6-11/h5-8,13,15H,2,4,9,14H2,1,3H3. The third-order valence-electron chi connectivity index (χ3n) is 2.71. The molecule has 0 radical (unpaired) electrons. The van der Waals surface area contributed by atoms with E-state index < -0.39 is 0 Å². The minimum absolute atomic E-state index is 0.123. The Bertz CT molecular complexity index is 332. The SMILES string of the molecule is C=C(CC)CC(NN)c1ccc(OC)cc1. The van der Waals surface area contributed by atoms with Crippen molar-refractivity contribution in [3.63, 3.8) is 0 Å². The lowest BCUT2D eigenvalue weighted by Crippen LogP contribution is -2.28. The topological polar surface area (TPSA) is 47.3 Å². The Morgan fingerprint density at radius 2 is 2.06 bits per heavy atom. The third-order valence-corrected chi connectivity index (χ3v) is 2.71. The smallest absolute Gasteiger partial charge is 0.118 e. The van der Waals surface area contributed by atoms with E-state index in [1.807, 2.05) is 24.3 Å². The Labute approximate surface area is 97.3 Å². The molecule has 3 nitrogen and oxygen atoms in total. The first-order chi connectivity index (χ1) is 7.71. The third kappa shape index (κ3) is 3.36. The predicted molar refractivity (Wildman–Crippen MR) is 67.1 cm³/mol. The number of nitrogens with two attached hydrogens (primary N) is 1. The number of methoxy groups -OCH3 is 1. The van der Waals surface area contributed by atoms with Crippen molar-refractivity contribution in [2.24, 2.45) is 5.84 Å². The number of nitrogens with one attached hydrogen (secondary N) is 1. The van der Waals surface area contributed by atoms with Gasteiger partial charge in [-0.1, -0.05) is 31.2 Å². The van der Waals surface area contributed by atoms with Gasteiger partial charge >= 0.3 is 0 Å². The molecule has 0 saturated heterocycles. The highest BCUT2D eigenvalue weighted by atomic mass is 16.5. The maximum atomic E-state index is 5.56. The number of hydrogen-bond donors (Lipinski definition) is 2. The van der Waals surface area contributed by atoms with E-state index in [9.17, 15) is 0 Å². The lowest BCUT2D eigenvalue weighted by Gasteiger charge is -2.17. The number of hydrogen-bond acceptors (Lipinski definition) is 3. The Morgan fingerprint density at radius 3 is 2.50 bits per heavy atom. The number of ether oxygens (including phenoxy) is 1. The Kier molecular flexibility index (Phi) is 5.02. The lowest BCUT2D eigenvalue weighted by atomic mass is 9.99. The van der Waals surface area contributed by atoms with Crippen LogP contribution in [0.2, 0.25) is 0 Å². The Morgan fingerprint density at radius 1 is 1.44 bits per heavy atom. The van der Waals surface area contributed by atoms with Gasteiger partial charge in [0.2, 0.25) is 0 Å². The zero-order valence-corrected chi connectivity index (χ0v) is 9.99. The summed E-state index contributed by atoms with van der Waals surface area (Å²) in [5.41, 5.74) is 5.16. The van der Waals surface area contributed by atoms with E-state index in [0.717, 1.165) is 24.2 Å². The molecule has 16 heavy (non-hydrogen) atoms. The molecular weight excluding hydrogens is 200 g/mol. The highest BCUT2D eigenvalue weighted by Gasteiger charge is 2.10. The second-order valence-corrected chi connectivity index (χ2v) is 3.80. The van der Waals surface area contributed by atoms with Gasteiger partial charge in [0.1, 0.15) is 5.75 Å². The fourth-order valence-electron chi connectivity index (χ4n) is 1.54. The van der Waals surface area contributed by atoms with Crippen LogP contribution in [-0.4, -0.2) is 7.11 Å². The van der Waals surface area contributed by atoms with Crippen LogP contribution in [-0.2, 0) is 0 Å².